The van der Waals surface area contributed by atoms with E-state index >= 15 is 0 Å². The lowest BCUT2D eigenvalue weighted by Crippen LogP contribution is -2.59. The first-order chi connectivity index (χ1) is 28.4. The highest BCUT2D eigenvalue weighted by molar-refractivity contribution is 7.46. The summed E-state index contributed by atoms with van der Waals surface area (Å²) in [5, 5.41) is 10.1. The maximum absolute atomic E-state index is 13.9. The lowest BCUT2D eigenvalue weighted by atomic mass is 10.0. The number of unbranched alkanes of at least 4 members (excludes halogenated alkanes) is 3. The average Bonchev–Trinajstić information content (AvgIpc) is 3.69. The highest BCUT2D eigenvalue weighted by Gasteiger charge is 2.34. The van der Waals surface area contributed by atoms with Crippen LogP contribution in [0.1, 0.15) is 77.5 Å². The third-order valence-electron chi connectivity index (χ3n) is 9.17. The number of methoxy groups -OCH3 is 1. The Morgan fingerprint density at radius 3 is 2.17 bits per heavy atom. The van der Waals surface area contributed by atoms with Crippen LogP contribution >= 0.6 is 7.82 Å². The number of phosphoric acid groups is 1. The Hall–Kier alpha value is -4.72. The number of hydrogen-bond donors (Lipinski definition) is 8. The van der Waals surface area contributed by atoms with Crippen molar-refractivity contribution in [2.75, 3.05) is 40.0 Å². The zero-order chi connectivity index (χ0) is 44.7. The number of aromatic amines is 1. The van der Waals surface area contributed by atoms with E-state index in [-0.39, 0.29) is 44.2 Å². The molecule has 0 unspecified atom stereocenters. The van der Waals surface area contributed by atoms with Gasteiger partial charge in [0.05, 0.1) is 45.2 Å². The number of imidazole rings is 1. The molecule has 5 atom stereocenters. The lowest BCUT2D eigenvalue weighted by Gasteiger charge is -2.27. The minimum absolute atomic E-state index is 0.0468. The second kappa shape index (κ2) is 27.2. The van der Waals surface area contributed by atoms with Crippen molar-refractivity contribution in [2.24, 2.45) is 11.7 Å². The molecule has 9 N–H and O–H groups in total. The molecule has 60 heavy (non-hydrogen) atoms. The van der Waals surface area contributed by atoms with Gasteiger partial charge in [-0.05, 0) is 51.0 Å². The predicted octanol–water partition coefficient (Wildman–Crippen LogP) is 0.625. The molecule has 0 fully saturated rings. The summed E-state index contributed by atoms with van der Waals surface area (Å²) >= 11 is 0. The van der Waals surface area contributed by atoms with Crippen molar-refractivity contribution < 1.29 is 57.1 Å². The van der Waals surface area contributed by atoms with Gasteiger partial charge in [0.25, 0.3) is 0 Å². The number of primary amides is 1. The predicted molar refractivity (Wildman–Crippen MR) is 219 cm³/mol. The van der Waals surface area contributed by atoms with E-state index in [1.807, 2.05) is 32.0 Å². The van der Waals surface area contributed by atoms with Crippen LogP contribution in [0.15, 0.2) is 42.9 Å². The molecular formula is C39H63N8O12P. The van der Waals surface area contributed by atoms with Crippen molar-refractivity contribution in [3.8, 4) is 0 Å². The largest absolute Gasteiger partial charge is 0.469 e. The van der Waals surface area contributed by atoms with E-state index in [9.17, 15) is 33.3 Å². The van der Waals surface area contributed by atoms with Crippen LogP contribution in [0.2, 0.25) is 0 Å². The molecule has 0 saturated carbocycles. The van der Waals surface area contributed by atoms with Crippen molar-refractivity contribution in [3.05, 3.63) is 54.1 Å². The van der Waals surface area contributed by atoms with Crippen LogP contribution in [-0.2, 0) is 60.2 Å². The van der Waals surface area contributed by atoms with Crippen molar-refractivity contribution in [2.45, 2.75) is 109 Å². The molecule has 6 amide bonds. The monoisotopic (exact) mass is 866 g/mol. The molecule has 2 rings (SSSR count). The van der Waals surface area contributed by atoms with Gasteiger partial charge in [0, 0.05) is 32.0 Å². The van der Waals surface area contributed by atoms with Gasteiger partial charge in [-0.25, -0.2) is 9.55 Å². The summed E-state index contributed by atoms with van der Waals surface area (Å²) in [5.74, 6) is -4.56. The second-order valence-corrected chi connectivity index (χ2v) is 16.0. The molecule has 0 spiro atoms. The first kappa shape index (κ1) is 51.4. The van der Waals surface area contributed by atoms with Crippen molar-refractivity contribution >= 4 is 43.3 Å². The Balaban J connectivity index is 2.15. The number of aryl methyl sites for hydroxylation is 1. The topological polar surface area (TPSA) is 294 Å². The number of nitrogens with zero attached hydrogens (tertiary/aromatic N) is 2. The summed E-state index contributed by atoms with van der Waals surface area (Å²) in [5.41, 5.74) is 7.03. The molecular weight excluding hydrogens is 803 g/mol. The number of nitrogens with two attached hydrogens (primary N) is 1. The number of carbonyl (C=O) groups is 6. The van der Waals surface area contributed by atoms with Crippen molar-refractivity contribution in [1.29, 1.82) is 0 Å². The average molecular weight is 867 g/mol. The quantitative estimate of drug-likeness (QED) is 0.0395. The number of aromatic nitrogens is 2. The molecule has 1 heterocycles. The van der Waals surface area contributed by atoms with Crippen LogP contribution in [0.25, 0.3) is 0 Å². The minimum atomic E-state index is -5.05. The van der Waals surface area contributed by atoms with E-state index < -0.39 is 67.6 Å². The van der Waals surface area contributed by atoms with Gasteiger partial charge in [0.2, 0.25) is 35.4 Å². The summed E-state index contributed by atoms with van der Waals surface area (Å²) in [7, 11) is -3.51. The summed E-state index contributed by atoms with van der Waals surface area (Å²) in [6.07, 6.45) is 5.78. The molecule has 0 radical (unpaired) electrons. The molecule has 336 valence electrons. The Kier molecular flexibility index (Phi) is 23.3. The molecule has 20 nitrogen and oxygen atoms in total. The fourth-order valence-corrected chi connectivity index (χ4v) is 6.61. The highest BCUT2D eigenvalue weighted by atomic mass is 31.2. The summed E-state index contributed by atoms with van der Waals surface area (Å²) in [4.78, 5) is 106. The number of nitrogens with one attached hydrogen (secondary N) is 5. The SMILES string of the molecule is COCCOCCC(=O)N(CCCCCCc1ccccc1)CC(=O)N[C@@H](CC(C)C)C(=O)N[C@@H](Cc1cnc[nH]1)C(=O)N[C@@H](C)C(=O)N[C@H](C(N)=O)[C@@H](C)OP(=O)(O)O. The third kappa shape index (κ3) is 21.0. The van der Waals surface area contributed by atoms with Gasteiger partial charge >= 0.3 is 7.82 Å². The van der Waals surface area contributed by atoms with Crippen LogP contribution in [0, 0.1) is 5.92 Å². The number of benzene rings is 1. The van der Waals surface area contributed by atoms with E-state index in [1.165, 1.54) is 29.9 Å². The first-order valence-corrected chi connectivity index (χ1v) is 21.5. The Morgan fingerprint density at radius 1 is 0.867 bits per heavy atom. The zero-order valence-corrected chi connectivity index (χ0v) is 36.0. The smallest absolute Gasteiger partial charge is 0.382 e. The van der Waals surface area contributed by atoms with Gasteiger partial charge in [-0.1, -0.05) is 57.0 Å². The molecule has 0 aliphatic rings. The zero-order valence-electron chi connectivity index (χ0n) is 35.1. The number of rotatable bonds is 30. The van der Waals surface area contributed by atoms with Gasteiger partial charge in [0.1, 0.15) is 24.2 Å². The van der Waals surface area contributed by atoms with Crippen LogP contribution in [0.5, 0.6) is 0 Å². The van der Waals surface area contributed by atoms with Crippen LogP contribution in [0.3, 0.4) is 0 Å². The molecule has 1 aromatic heterocycles. The maximum atomic E-state index is 13.9. The summed E-state index contributed by atoms with van der Waals surface area (Å²) in [6.45, 7) is 6.95. The first-order valence-electron chi connectivity index (χ1n) is 20.0. The fourth-order valence-electron chi connectivity index (χ4n) is 6.05. The highest BCUT2D eigenvalue weighted by Crippen LogP contribution is 2.38. The fraction of sp³-hybridized carbons (Fsp3) is 0.615. The molecule has 0 bridgehead atoms. The molecule has 0 aliphatic carbocycles. The van der Waals surface area contributed by atoms with Crippen LogP contribution < -0.4 is 27.0 Å². The number of phosphoric ester groups is 1. The Labute approximate surface area is 351 Å². The number of carbonyl (C=O) groups excluding carboxylic acids is 6. The van der Waals surface area contributed by atoms with Crippen molar-refractivity contribution in [3.63, 3.8) is 0 Å². The Morgan fingerprint density at radius 2 is 1.55 bits per heavy atom. The van der Waals surface area contributed by atoms with Crippen LogP contribution in [-0.4, -0.2) is 130 Å². The van der Waals surface area contributed by atoms with Gasteiger partial charge in [0.15, 0.2) is 0 Å². The number of ether oxygens (including phenoxy) is 2. The van der Waals surface area contributed by atoms with E-state index in [4.69, 9.17) is 25.0 Å². The van der Waals surface area contributed by atoms with E-state index in [2.05, 4.69) is 47.9 Å². The minimum Gasteiger partial charge on any atom is -0.382 e. The third-order valence-corrected chi connectivity index (χ3v) is 9.77. The van der Waals surface area contributed by atoms with E-state index in [0.29, 0.717) is 31.9 Å². The van der Waals surface area contributed by atoms with E-state index in [1.54, 1.807) is 7.11 Å². The maximum Gasteiger partial charge on any atom is 0.469 e. The standard InChI is InChI=1S/C39H63N8O12P/c1-26(2)21-31(44-33(48)24-47(34(49)16-18-58-20-19-57-5)17-12-7-6-9-13-29-14-10-8-11-15-29)39(53)45-32(22-30-23-41-25-42-30)38(52)43-27(3)37(51)46-35(36(40)50)28(4)59-60(54,55)56/h8,10-11,14-15,23,25-28,31-32,35H,6-7,9,12-13,16-22,24H2,1-5H3,(H2,40,50)(H,41,42)(H,43,52)(H,44,48)(H,45,53)(H,46,51)(H2,54,55,56)/t27-,28+,31-,32-,35-/m0/s1. The Bertz CT molecular complexity index is 1680. The number of H-pyrrole nitrogens is 1. The second-order valence-electron chi connectivity index (χ2n) is 14.8. The molecule has 0 aliphatic heterocycles. The molecule has 0 saturated heterocycles. The lowest BCUT2D eigenvalue weighted by molar-refractivity contribution is -0.138. The van der Waals surface area contributed by atoms with Crippen molar-refractivity contribution in [1.82, 2.24) is 36.1 Å². The molecule has 21 heteroatoms. The molecule has 1 aromatic carbocycles. The van der Waals surface area contributed by atoms with Gasteiger partial charge < -0.3 is 56.1 Å². The van der Waals surface area contributed by atoms with Crippen LogP contribution in [0.4, 0.5) is 0 Å². The number of hydrogen-bond acceptors (Lipinski definition) is 11. The van der Waals surface area contributed by atoms with Gasteiger partial charge in [-0.2, -0.15) is 0 Å². The summed E-state index contributed by atoms with van der Waals surface area (Å²) in [6, 6.07) is 4.73. The van der Waals surface area contributed by atoms with E-state index in [0.717, 1.165) is 32.6 Å². The van der Waals surface area contributed by atoms with Gasteiger partial charge in [-0.15, -0.1) is 0 Å². The summed E-state index contributed by atoms with van der Waals surface area (Å²) < 4.78 is 26.3. The normalized spacial score (nSPS) is 14.0. The molecule has 2 aromatic rings. The number of amides is 6. The van der Waals surface area contributed by atoms with Gasteiger partial charge in [-0.3, -0.25) is 33.3 Å².